The first-order chi connectivity index (χ1) is 4.34. The third-order valence-electron chi connectivity index (χ3n) is 1.15. The van der Waals surface area contributed by atoms with Crippen LogP contribution in [0.15, 0.2) is 12.3 Å². The summed E-state index contributed by atoms with van der Waals surface area (Å²) in [5.74, 6) is 0. The second kappa shape index (κ2) is 2.92. The molecule has 1 heterocycles. The van der Waals surface area contributed by atoms with E-state index >= 15 is 0 Å². The molecule has 0 aromatic heterocycles. The first-order valence-electron chi connectivity index (χ1n) is 2.73. The maximum atomic E-state index is 10.8. The zero-order chi connectivity index (χ0) is 6.69. The first kappa shape index (κ1) is 6.68. The second-order valence-corrected chi connectivity index (χ2v) is 2.57. The van der Waals surface area contributed by atoms with Crippen molar-refractivity contribution >= 4 is 16.9 Å². The largest absolute Gasteiger partial charge is 0.489 e. The van der Waals surface area contributed by atoms with Crippen LogP contribution in [0.25, 0.3) is 0 Å². The van der Waals surface area contributed by atoms with Gasteiger partial charge < -0.3 is 4.74 Å². The molecular weight excluding hydrogens is 136 g/mol. The van der Waals surface area contributed by atoms with Crippen LogP contribution >= 0.6 is 11.8 Å². The molecule has 9 heavy (non-hydrogen) atoms. The van der Waals surface area contributed by atoms with Gasteiger partial charge in [0.2, 0.25) is 5.12 Å². The minimum absolute atomic E-state index is 0.111. The Morgan fingerprint density at radius 1 is 1.89 bits per heavy atom. The molecule has 2 nitrogen and oxygen atoms in total. The molecular formula is C6H8O2S. The van der Waals surface area contributed by atoms with Gasteiger partial charge in [-0.2, -0.15) is 0 Å². The van der Waals surface area contributed by atoms with E-state index in [1.165, 1.54) is 11.8 Å². The molecule has 0 saturated carbocycles. The number of ether oxygens (including phenoxy) is 1. The standard InChI is InChI=1S/C6H8O2S/c1-9-6(7)5-3-2-4-8-5/h2,4-5H,3H2,1H3. The summed E-state index contributed by atoms with van der Waals surface area (Å²) in [6.07, 6.45) is 5.74. The van der Waals surface area contributed by atoms with Gasteiger partial charge in [0.25, 0.3) is 0 Å². The van der Waals surface area contributed by atoms with Crippen LogP contribution in [-0.4, -0.2) is 17.5 Å². The zero-order valence-electron chi connectivity index (χ0n) is 5.16. The van der Waals surface area contributed by atoms with E-state index in [1.54, 1.807) is 12.5 Å². The minimum atomic E-state index is -0.208. The van der Waals surface area contributed by atoms with Gasteiger partial charge in [0.05, 0.1) is 6.26 Å². The Morgan fingerprint density at radius 3 is 3.11 bits per heavy atom. The van der Waals surface area contributed by atoms with Crippen molar-refractivity contribution in [3.63, 3.8) is 0 Å². The highest BCUT2D eigenvalue weighted by Crippen LogP contribution is 2.14. The van der Waals surface area contributed by atoms with E-state index in [1.807, 2.05) is 6.08 Å². The fourth-order valence-electron chi connectivity index (χ4n) is 0.668. The molecule has 0 aromatic carbocycles. The predicted molar refractivity (Wildman–Crippen MR) is 37.2 cm³/mol. The van der Waals surface area contributed by atoms with Crippen LogP contribution in [0.5, 0.6) is 0 Å². The van der Waals surface area contributed by atoms with E-state index in [2.05, 4.69) is 0 Å². The van der Waals surface area contributed by atoms with Crippen molar-refractivity contribution in [3.05, 3.63) is 12.3 Å². The number of hydrogen-bond donors (Lipinski definition) is 0. The highest BCUT2D eigenvalue weighted by molar-refractivity contribution is 8.13. The third kappa shape index (κ3) is 1.48. The molecule has 1 aliphatic rings. The first-order valence-corrected chi connectivity index (χ1v) is 3.95. The average Bonchev–Trinajstić information content (AvgIpc) is 2.37. The Labute approximate surface area is 58.3 Å². The molecule has 0 bridgehead atoms. The van der Waals surface area contributed by atoms with Gasteiger partial charge in [-0.3, -0.25) is 4.79 Å². The van der Waals surface area contributed by atoms with Crippen LogP contribution in [0.4, 0.5) is 0 Å². The summed E-state index contributed by atoms with van der Waals surface area (Å²) < 4.78 is 4.95. The Hall–Kier alpha value is -0.440. The van der Waals surface area contributed by atoms with Crippen LogP contribution in [0, 0.1) is 0 Å². The fourth-order valence-corrected chi connectivity index (χ4v) is 1.08. The van der Waals surface area contributed by atoms with E-state index in [4.69, 9.17) is 4.74 Å². The lowest BCUT2D eigenvalue weighted by molar-refractivity contribution is -0.117. The molecule has 3 heteroatoms. The number of hydrogen-bond acceptors (Lipinski definition) is 3. The van der Waals surface area contributed by atoms with Gasteiger partial charge in [0.15, 0.2) is 6.10 Å². The zero-order valence-corrected chi connectivity index (χ0v) is 5.98. The van der Waals surface area contributed by atoms with E-state index in [-0.39, 0.29) is 11.2 Å². The summed E-state index contributed by atoms with van der Waals surface area (Å²) in [5, 5.41) is 0.111. The molecule has 1 unspecified atom stereocenters. The lowest BCUT2D eigenvalue weighted by atomic mass is 10.3. The average molecular weight is 144 g/mol. The van der Waals surface area contributed by atoms with Crippen LogP contribution in [0.1, 0.15) is 6.42 Å². The molecule has 50 valence electrons. The van der Waals surface area contributed by atoms with Crippen LogP contribution < -0.4 is 0 Å². The monoisotopic (exact) mass is 144 g/mol. The number of carbonyl (C=O) groups excluding carboxylic acids is 1. The maximum absolute atomic E-state index is 10.8. The predicted octanol–water partition coefficient (Wildman–Crippen LogP) is 1.18. The minimum Gasteiger partial charge on any atom is -0.489 e. The number of carbonyl (C=O) groups is 1. The highest BCUT2D eigenvalue weighted by Gasteiger charge is 2.18. The lowest BCUT2D eigenvalue weighted by Gasteiger charge is -2.04. The Bertz CT molecular complexity index is 134. The van der Waals surface area contributed by atoms with Gasteiger partial charge in [0, 0.05) is 6.42 Å². The molecule has 1 rings (SSSR count). The van der Waals surface area contributed by atoms with Gasteiger partial charge in [0.1, 0.15) is 0 Å². The summed E-state index contributed by atoms with van der Waals surface area (Å²) in [6, 6.07) is 0. The number of rotatable bonds is 1. The fraction of sp³-hybridized carbons (Fsp3) is 0.500. The molecule has 0 radical (unpaired) electrons. The second-order valence-electron chi connectivity index (χ2n) is 1.76. The van der Waals surface area contributed by atoms with Gasteiger partial charge in [-0.05, 0) is 12.3 Å². The molecule has 0 spiro atoms. The van der Waals surface area contributed by atoms with E-state index < -0.39 is 0 Å². The lowest BCUT2D eigenvalue weighted by Crippen LogP contribution is -2.14. The maximum Gasteiger partial charge on any atom is 0.229 e. The van der Waals surface area contributed by atoms with Crippen molar-refractivity contribution < 1.29 is 9.53 Å². The van der Waals surface area contributed by atoms with Crippen molar-refractivity contribution in [1.29, 1.82) is 0 Å². The molecule has 0 aliphatic carbocycles. The van der Waals surface area contributed by atoms with E-state index in [9.17, 15) is 4.79 Å². The van der Waals surface area contributed by atoms with Crippen molar-refractivity contribution in [2.45, 2.75) is 12.5 Å². The van der Waals surface area contributed by atoms with Crippen molar-refractivity contribution in [2.75, 3.05) is 6.26 Å². The van der Waals surface area contributed by atoms with Crippen LogP contribution in [0.2, 0.25) is 0 Å². The molecule has 1 atom stereocenters. The molecule has 0 N–H and O–H groups in total. The van der Waals surface area contributed by atoms with Crippen molar-refractivity contribution in [3.8, 4) is 0 Å². The van der Waals surface area contributed by atoms with E-state index in [0.29, 0.717) is 0 Å². The van der Waals surface area contributed by atoms with Crippen LogP contribution in [-0.2, 0) is 9.53 Å². The van der Waals surface area contributed by atoms with Crippen LogP contribution in [0.3, 0.4) is 0 Å². The van der Waals surface area contributed by atoms with Crippen molar-refractivity contribution in [1.82, 2.24) is 0 Å². The van der Waals surface area contributed by atoms with Gasteiger partial charge in [-0.1, -0.05) is 11.8 Å². The van der Waals surface area contributed by atoms with Gasteiger partial charge in [-0.25, -0.2) is 0 Å². The molecule has 0 aromatic rings. The van der Waals surface area contributed by atoms with E-state index in [0.717, 1.165) is 6.42 Å². The number of thioether (sulfide) groups is 1. The highest BCUT2D eigenvalue weighted by atomic mass is 32.2. The molecule has 0 amide bonds. The van der Waals surface area contributed by atoms with Crippen molar-refractivity contribution in [2.24, 2.45) is 0 Å². The molecule has 0 fully saturated rings. The topological polar surface area (TPSA) is 26.3 Å². The Morgan fingerprint density at radius 2 is 2.67 bits per heavy atom. The summed E-state index contributed by atoms with van der Waals surface area (Å²) in [6.45, 7) is 0. The summed E-state index contributed by atoms with van der Waals surface area (Å²) >= 11 is 1.22. The Kier molecular flexibility index (Phi) is 2.16. The van der Waals surface area contributed by atoms with Gasteiger partial charge in [-0.15, -0.1) is 0 Å². The SMILES string of the molecule is CSC(=O)C1CC=CO1. The summed E-state index contributed by atoms with van der Waals surface area (Å²) in [7, 11) is 0. The summed E-state index contributed by atoms with van der Waals surface area (Å²) in [4.78, 5) is 10.8. The molecule has 1 aliphatic heterocycles. The summed E-state index contributed by atoms with van der Waals surface area (Å²) in [5.41, 5.74) is 0. The normalized spacial score (nSPS) is 23.9. The Balaban J connectivity index is 2.36. The smallest absolute Gasteiger partial charge is 0.229 e. The third-order valence-corrected chi connectivity index (χ3v) is 1.82. The quantitative estimate of drug-likeness (QED) is 0.552. The molecule has 0 saturated heterocycles. The van der Waals surface area contributed by atoms with Gasteiger partial charge >= 0.3 is 0 Å².